The number of hydrogen-bond acceptors (Lipinski definition) is 6. The van der Waals surface area contributed by atoms with E-state index in [1.807, 2.05) is 31.4 Å². The van der Waals surface area contributed by atoms with Crippen LogP contribution in [0.15, 0.2) is 66.2 Å². The highest BCUT2D eigenvalue weighted by atomic mass is 32.1. The minimum atomic E-state index is -1.19. The van der Waals surface area contributed by atoms with E-state index in [9.17, 15) is 9.59 Å². The molecule has 0 atom stereocenters. The molecule has 8 heteroatoms. The van der Waals surface area contributed by atoms with Crippen molar-refractivity contribution >= 4 is 28.8 Å². The number of nitrogens with one attached hydrogen (secondary N) is 2. The van der Waals surface area contributed by atoms with Crippen LogP contribution in [0, 0.1) is 0 Å². The predicted molar refractivity (Wildman–Crippen MR) is 120 cm³/mol. The average molecular weight is 440 g/mol. The van der Waals surface area contributed by atoms with E-state index in [-0.39, 0.29) is 18.4 Å². The highest BCUT2D eigenvalue weighted by molar-refractivity contribution is 7.12. The smallest absolute Gasteiger partial charge is 0.265 e. The number of aromatic nitrogens is 1. The SMILES string of the molecule is CCOC(CNC(=O)c1cccc(NC(=O)c2cccs2)c1)(OCC)c1ccccn1. The molecule has 2 amide bonds. The highest BCUT2D eigenvalue weighted by Gasteiger charge is 2.36. The van der Waals surface area contributed by atoms with Gasteiger partial charge >= 0.3 is 0 Å². The van der Waals surface area contributed by atoms with Gasteiger partial charge in [-0.25, -0.2) is 0 Å². The summed E-state index contributed by atoms with van der Waals surface area (Å²) in [7, 11) is 0. The van der Waals surface area contributed by atoms with Gasteiger partial charge in [0.15, 0.2) is 0 Å². The lowest BCUT2D eigenvalue weighted by atomic mass is 10.1. The van der Waals surface area contributed by atoms with Crippen molar-refractivity contribution in [2.24, 2.45) is 0 Å². The number of amides is 2. The maximum atomic E-state index is 12.8. The third-order valence-corrected chi connectivity index (χ3v) is 5.29. The largest absolute Gasteiger partial charge is 0.346 e. The summed E-state index contributed by atoms with van der Waals surface area (Å²) < 4.78 is 11.8. The molecule has 0 aliphatic carbocycles. The van der Waals surface area contributed by atoms with Crippen LogP contribution >= 0.6 is 11.3 Å². The summed E-state index contributed by atoms with van der Waals surface area (Å²) in [6.07, 6.45) is 1.66. The first kappa shape index (κ1) is 22.6. The van der Waals surface area contributed by atoms with Crippen LogP contribution in [0.1, 0.15) is 39.6 Å². The van der Waals surface area contributed by atoms with Gasteiger partial charge in [-0.1, -0.05) is 18.2 Å². The standard InChI is InChI=1S/C23H25N3O4S/c1-3-29-23(30-4-2,20-12-5-6-13-24-20)16-25-21(27)17-9-7-10-18(15-17)26-22(28)19-11-8-14-31-19/h5-15H,3-4,16H2,1-2H3,(H,25,27)(H,26,28). The van der Waals surface area contributed by atoms with E-state index in [1.165, 1.54) is 11.3 Å². The first-order valence-electron chi connectivity index (χ1n) is 10.0. The number of pyridine rings is 1. The maximum Gasteiger partial charge on any atom is 0.265 e. The summed E-state index contributed by atoms with van der Waals surface area (Å²) in [5, 5.41) is 7.52. The zero-order chi connectivity index (χ0) is 22.1. The van der Waals surface area contributed by atoms with Crippen molar-refractivity contribution in [2.45, 2.75) is 19.6 Å². The van der Waals surface area contributed by atoms with Crippen molar-refractivity contribution in [1.29, 1.82) is 0 Å². The quantitative estimate of drug-likeness (QED) is 0.465. The molecular formula is C23H25N3O4S. The van der Waals surface area contributed by atoms with Gasteiger partial charge in [0.1, 0.15) is 5.69 Å². The molecule has 0 fully saturated rings. The zero-order valence-electron chi connectivity index (χ0n) is 17.5. The van der Waals surface area contributed by atoms with Crippen molar-refractivity contribution in [1.82, 2.24) is 10.3 Å². The first-order valence-corrected chi connectivity index (χ1v) is 10.9. The topological polar surface area (TPSA) is 89.6 Å². The average Bonchev–Trinajstić information content (AvgIpc) is 3.33. The van der Waals surface area contributed by atoms with Crippen LogP contribution in [-0.2, 0) is 15.3 Å². The van der Waals surface area contributed by atoms with Crippen LogP contribution in [0.25, 0.3) is 0 Å². The fourth-order valence-corrected chi connectivity index (χ4v) is 3.69. The molecular weight excluding hydrogens is 414 g/mol. The number of carbonyl (C=O) groups excluding carboxylic acids is 2. The third-order valence-electron chi connectivity index (χ3n) is 4.42. The van der Waals surface area contributed by atoms with E-state index in [0.717, 1.165) is 0 Å². The van der Waals surface area contributed by atoms with Gasteiger partial charge in [-0.3, -0.25) is 14.6 Å². The van der Waals surface area contributed by atoms with Crippen molar-refractivity contribution < 1.29 is 19.1 Å². The normalized spacial score (nSPS) is 11.2. The van der Waals surface area contributed by atoms with Crippen LogP contribution in [0.2, 0.25) is 0 Å². The molecule has 0 saturated heterocycles. The van der Waals surface area contributed by atoms with Gasteiger partial charge in [0.2, 0.25) is 5.79 Å². The Bertz CT molecular complexity index is 987. The lowest BCUT2D eigenvalue weighted by Crippen LogP contribution is -2.45. The zero-order valence-corrected chi connectivity index (χ0v) is 18.3. The van der Waals surface area contributed by atoms with Gasteiger partial charge in [0.05, 0.1) is 11.4 Å². The van der Waals surface area contributed by atoms with Crippen LogP contribution in [-0.4, -0.2) is 36.6 Å². The van der Waals surface area contributed by atoms with Crippen molar-refractivity contribution in [3.63, 3.8) is 0 Å². The number of hydrogen-bond donors (Lipinski definition) is 2. The number of carbonyl (C=O) groups is 2. The van der Waals surface area contributed by atoms with Crippen LogP contribution in [0.3, 0.4) is 0 Å². The predicted octanol–water partition coefficient (Wildman–Crippen LogP) is 4.05. The molecule has 0 saturated carbocycles. The third kappa shape index (κ3) is 5.75. The second kappa shape index (κ2) is 10.8. The molecule has 0 aliphatic rings. The van der Waals surface area contributed by atoms with E-state index in [4.69, 9.17) is 9.47 Å². The summed E-state index contributed by atoms with van der Waals surface area (Å²) in [4.78, 5) is 30.1. The van der Waals surface area contributed by atoms with Crippen LogP contribution in [0.5, 0.6) is 0 Å². The summed E-state index contributed by atoms with van der Waals surface area (Å²) >= 11 is 1.35. The Morgan fingerprint density at radius 3 is 2.45 bits per heavy atom. The summed E-state index contributed by atoms with van der Waals surface area (Å²) in [5.41, 5.74) is 1.53. The van der Waals surface area contributed by atoms with E-state index in [2.05, 4.69) is 15.6 Å². The van der Waals surface area contributed by atoms with Crippen LogP contribution in [0.4, 0.5) is 5.69 Å². The molecule has 0 spiro atoms. The molecule has 0 radical (unpaired) electrons. The summed E-state index contributed by atoms with van der Waals surface area (Å²) in [5.74, 6) is -1.72. The molecule has 0 unspecified atom stereocenters. The van der Waals surface area contributed by atoms with E-state index in [1.54, 1.807) is 48.7 Å². The van der Waals surface area contributed by atoms with Crippen molar-refractivity contribution in [2.75, 3.05) is 25.1 Å². The van der Waals surface area contributed by atoms with Gasteiger partial charge in [0.25, 0.3) is 11.8 Å². The lowest BCUT2D eigenvalue weighted by molar-refractivity contribution is -0.240. The minimum Gasteiger partial charge on any atom is -0.346 e. The number of nitrogens with zero attached hydrogens (tertiary/aromatic N) is 1. The van der Waals surface area contributed by atoms with E-state index < -0.39 is 5.79 Å². The van der Waals surface area contributed by atoms with Crippen molar-refractivity contribution in [3.05, 3.63) is 82.3 Å². The lowest BCUT2D eigenvalue weighted by Gasteiger charge is -2.32. The number of anilines is 1. The summed E-state index contributed by atoms with van der Waals surface area (Å²) in [6.45, 7) is 4.57. The Kier molecular flexibility index (Phi) is 7.88. The van der Waals surface area contributed by atoms with Gasteiger partial charge in [-0.05, 0) is 55.6 Å². The molecule has 3 rings (SSSR count). The molecule has 31 heavy (non-hydrogen) atoms. The first-order chi connectivity index (χ1) is 15.1. The number of benzene rings is 1. The highest BCUT2D eigenvalue weighted by Crippen LogP contribution is 2.25. The van der Waals surface area contributed by atoms with Gasteiger partial charge in [0, 0.05) is 30.7 Å². The molecule has 7 nitrogen and oxygen atoms in total. The summed E-state index contributed by atoms with van der Waals surface area (Å²) in [6, 6.07) is 15.8. The minimum absolute atomic E-state index is 0.0797. The van der Waals surface area contributed by atoms with Crippen LogP contribution < -0.4 is 10.6 Å². The molecule has 3 aromatic rings. The fraction of sp³-hybridized carbons (Fsp3) is 0.261. The molecule has 2 N–H and O–H groups in total. The number of thiophene rings is 1. The number of rotatable bonds is 10. The molecule has 0 bridgehead atoms. The molecule has 2 heterocycles. The Balaban J connectivity index is 1.73. The molecule has 162 valence electrons. The Hall–Kier alpha value is -3.07. The fourth-order valence-electron chi connectivity index (χ4n) is 3.07. The molecule has 0 aliphatic heterocycles. The second-order valence-electron chi connectivity index (χ2n) is 6.53. The monoisotopic (exact) mass is 439 g/mol. The molecule has 1 aromatic carbocycles. The maximum absolute atomic E-state index is 12.8. The Labute approximate surface area is 185 Å². The van der Waals surface area contributed by atoms with Crippen molar-refractivity contribution in [3.8, 4) is 0 Å². The Morgan fingerprint density at radius 1 is 1.00 bits per heavy atom. The molecule has 2 aromatic heterocycles. The van der Waals surface area contributed by atoms with Gasteiger partial charge in [-0.2, -0.15) is 0 Å². The number of ether oxygens (including phenoxy) is 2. The van der Waals surface area contributed by atoms with E-state index in [0.29, 0.717) is 35.0 Å². The van der Waals surface area contributed by atoms with Gasteiger partial charge < -0.3 is 20.1 Å². The second-order valence-corrected chi connectivity index (χ2v) is 7.48. The van der Waals surface area contributed by atoms with Gasteiger partial charge in [-0.15, -0.1) is 11.3 Å². The van der Waals surface area contributed by atoms with E-state index >= 15 is 0 Å². The Morgan fingerprint density at radius 2 is 1.81 bits per heavy atom.